The summed E-state index contributed by atoms with van der Waals surface area (Å²) in [5, 5.41) is 14.9. The number of benzene rings is 2. The number of hydrogen-bond donors (Lipinski definition) is 0. The van der Waals surface area contributed by atoms with Gasteiger partial charge in [-0.3, -0.25) is 4.57 Å². The summed E-state index contributed by atoms with van der Waals surface area (Å²) >= 11 is 8.25. The molecule has 0 N–H and O–H groups in total. The van der Waals surface area contributed by atoms with E-state index >= 15 is 0 Å². The average molecular weight is 452 g/mol. The summed E-state index contributed by atoms with van der Waals surface area (Å²) in [5.74, 6) is 2.11. The number of ether oxygens (including phenoxy) is 1. The van der Waals surface area contributed by atoms with Crippen LogP contribution < -0.4 is 4.74 Å². The minimum Gasteiger partial charge on any atom is -0.496 e. The first-order valence-corrected chi connectivity index (χ1v) is 11.1. The predicted molar refractivity (Wildman–Crippen MR) is 125 cm³/mol. The molecule has 0 amide bonds. The highest BCUT2D eigenvalue weighted by molar-refractivity contribution is 7.98. The van der Waals surface area contributed by atoms with Gasteiger partial charge in [-0.05, 0) is 31.2 Å². The Morgan fingerprint density at radius 2 is 1.84 bits per heavy atom. The maximum Gasteiger partial charge on any atom is 0.192 e. The monoisotopic (exact) mass is 451 g/mol. The van der Waals surface area contributed by atoms with E-state index < -0.39 is 0 Å². The molecule has 0 saturated heterocycles. The Kier molecular flexibility index (Phi) is 6.44. The molecule has 0 spiro atoms. The predicted octanol–water partition coefficient (Wildman–Crippen LogP) is 5.58. The number of aromatic nitrogens is 5. The molecule has 4 rings (SSSR count). The molecule has 8 heteroatoms. The summed E-state index contributed by atoms with van der Waals surface area (Å²) in [6, 6.07) is 17.6. The molecule has 0 fully saturated rings. The SMILES string of the molecule is C=CCn1c(SCc2c(C)nn(-c3ccccc3)c2Cl)nnc1-c1ccccc1OC. The van der Waals surface area contributed by atoms with E-state index in [-0.39, 0.29) is 0 Å². The molecule has 158 valence electrons. The molecule has 0 unspecified atom stereocenters. The lowest BCUT2D eigenvalue weighted by Gasteiger charge is -2.10. The third-order valence-electron chi connectivity index (χ3n) is 4.84. The van der Waals surface area contributed by atoms with Gasteiger partial charge in [0.1, 0.15) is 10.9 Å². The van der Waals surface area contributed by atoms with E-state index in [1.807, 2.05) is 72.2 Å². The third kappa shape index (κ3) is 4.24. The zero-order valence-electron chi connectivity index (χ0n) is 17.3. The van der Waals surface area contributed by atoms with Crippen LogP contribution >= 0.6 is 23.4 Å². The molecule has 4 aromatic rings. The number of thioether (sulfide) groups is 1. The lowest BCUT2D eigenvalue weighted by molar-refractivity contribution is 0.416. The molecule has 2 aromatic heterocycles. The fourth-order valence-electron chi connectivity index (χ4n) is 3.29. The standard InChI is InChI=1S/C23H22ClN5OS/c1-4-14-28-22(18-12-8-9-13-20(18)30-3)25-26-23(28)31-15-19-16(2)27-29(21(19)24)17-10-6-5-7-11-17/h4-13H,1,14-15H2,2-3H3. The quantitative estimate of drug-likeness (QED) is 0.258. The van der Waals surface area contributed by atoms with Gasteiger partial charge in [0.2, 0.25) is 0 Å². The summed E-state index contributed by atoms with van der Waals surface area (Å²) in [6.45, 7) is 6.44. The first-order valence-electron chi connectivity index (χ1n) is 9.73. The van der Waals surface area contributed by atoms with Gasteiger partial charge >= 0.3 is 0 Å². The molecule has 0 aliphatic heterocycles. The molecular formula is C23H22ClN5OS. The highest BCUT2D eigenvalue weighted by atomic mass is 35.5. The number of halogens is 1. The van der Waals surface area contributed by atoms with E-state index in [1.165, 1.54) is 0 Å². The summed E-state index contributed by atoms with van der Waals surface area (Å²) in [5.41, 5.74) is 3.68. The molecule has 2 aromatic carbocycles. The smallest absolute Gasteiger partial charge is 0.192 e. The Hall–Kier alpha value is -3.03. The molecule has 0 radical (unpaired) electrons. The van der Waals surface area contributed by atoms with Crippen LogP contribution in [0.1, 0.15) is 11.3 Å². The molecule has 0 aliphatic rings. The van der Waals surface area contributed by atoms with Crippen LogP contribution in [0, 0.1) is 6.92 Å². The van der Waals surface area contributed by atoms with Crippen LogP contribution in [0.2, 0.25) is 5.15 Å². The highest BCUT2D eigenvalue weighted by Crippen LogP contribution is 2.34. The third-order valence-corrected chi connectivity index (χ3v) is 6.23. The van der Waals surface area contributed by atoms with Crippen molar-refractivity contribution in [3.63, 3.8) is 0 Å². The van der Waals surface area contributed by atoms with Crippen molar-refractivity contribution in [2.75, 3.05) is 7.11 Å². The Labute approximate surface area is 190 Å². The zero-order valence-corrected chi connectivity index (χ0v) is 18.9. The van der Waals surface area contributed by atoms with E-state index in [0.717, 1.165) is 39.2 Å². The van der Waals surface area contributed by atoms with Crippen molar-refractivity contribution in [2.45, 2.75) is 24.4 Å². The van der Waals surface area contributed by atoms with Crippen LogP contribution in [0.15, 0.2) is 72.4 Å². The van der Waals surface area contributed by atoms with E-state index in [0.29, 0.717) is 17.5 Å². The van der Waals surface area contributed by atoms with Crippen LogP contribution in [0.3, 0.4) is 0 Å². The molecule has 0 bridgehead atoms. The Bertz CT molecular complexity index is 1200. The van der Waals surface area contributed by atoms with Crippen LogP contribution in [0.5, 0.6) is 5.75 Å². The second-order valence-corrected chi connectivity index (χ2v) is 8.10. The van der Waals surface area contributed by atoms with Gasteiger partial charge in [-0.15, -0.1) is 16.8 Å². The average Bonchev–Trinajstić information content (AvgIpc) is 3.33. The second kappa shape index (κ2) is 9.41. The molecule has 0 saturated carbocycles. The number of hydrogen-bond acceptors (Lipinski definition) is 5. The van der Waals surface area contributed by atoms with E-state index in [1.54, 1.807) is 23.6 Å². The molecular weight excluding hydrogens is 430 g/mol. The van der Waals surface area contributed by atoms with Crippen molar-refractivity contribution in [1.82, 2.24) is 24.5 Å². The van der Waals surface area contributed by atoms with Crippen molar-refractivity contribution < 1.29 is 4.74 Å². The zero-order chi connectivity index (χ0) is 21.8. The van der Waals surface area contributed by atoms with Crippen molar-refractivity contribution in [1.29, 1.82) is 0 Å². The maximum absolute atomic E-state index is 6.68. The molecule has 6 nitrogen and oxygen atoms in total. The summed E-state index contributed by atoms with van der Waals surface area (Å²) in [6.07, 6.45) is 1.83. The largest absolute Gasteiger partial charge is 0.496 e. The molecule has 0 atom stereocenters. The van der Waals surface area contributed by atoms with Gasteiger partial charge in [-0.25, -0.2) is 4.68 Å². The van der Waals surface area contributed by atoms with Gasteiger partial charge in [0.25, 0.3) is 0 Å². The first-order chi connectivity index (χ1) is 15.1. The first kappa shape index (κ1) is 21.2. The Morgan fingerprint density at radius 1 is 1.10 bits per heavy atom. The van der Waals surface area contributed by atoms with Crippen LogP contribution in [-0.2, 0) is 12.3 Å². The van der Waals surface area contributed by atoms with Crippen molar-refractivity contribution in [3.05, 3.63) is 83.7 Å². The highest BCUT2D eigenvalue weighted by Gasteiger charge is 2.19. The molecule has 0 aliphatic carbocycles. The van der Waals surface area contributed by atoms with Gasteiger partial charge in [-0.1, -0.05) is 59.8 Å². The number of rotatable bonds is 8. The van der Waals surface area contributed by atoms with Crippen molar-refractivity contribution >= 4 is 23.4 Å². The topological polar surface area (TPSA) is 57.8 Å². The minimum atomic E-state index is 0.582. The van der Waals surface area contributed by atoms with Crippen LogP contribution in [0.25, 0.3) is 17.1 Å². The Morgan fingerprint density at radius 3 is 2.58 bits per heavy atom. The normalized spacial score (nSPS) is 10.9. The van der Waals surface area contributed by atoms with Gasteiger partial charge in [0.05, 0.1) is 24.1 Å². The Balaban J connectivity index is 1.63. The number of aryl methyl sites for hydroxylation is 1. The summed E-state index contributed by atoms with van der Waals surface area (Å²) < 4.78 is 9.30. The molecule has 31 heavy (non-hydrogen) atoms. The van der Waals surface area contributed by atoms with Crippen LogP contribution in [0.4, 0.5) is 0 Å². The number of methoxy groups -OCH3 is 1. The number of allylic oxidation sites excluding steroid dienone is 1. The molecule has 2 heterocycles. The van der Waals surface area contributed by atoms with E-state index in [9.17, 15) is 0 Å². The second-order valence-electron chi connectivity index (χ2n) is 6.80. The summed E-state index contributed by atoms with van der Waals surface area (Å²) in [4.78, 5) is 0. The lowest BCUT2D eigenvalue weighted by atomic mass is 10.2. The number of para-hydroxylation sites is 2. The van der Waals surface area contributed by atoms with E-state index in [2.05, 4.69) is 21.9 Å². The van der Waals surface area contributed by atoms with Gasteiger partial charge in [0.15, 0.2) is 11.0 Å². The fraction of sp³-hybridized carbons (Fsp3) is 0.174. The van der Waals surface area contributed by atoms with E-state index in [4.69, 9.17) is 16.3 Å². The van der Waals surface area contributed by atoms with Crippen LogP contribution in [-0.4, -0.2) is 31.7 Å². The maximum atomic E-state index is 6.68. The minimum absolute atomic E-state index is 0.582. The summed E-state index contributed by atoms with van der Waals surface area (Å²) in [7, 11) is 1.65. The number of nitrogens with zero attached hydrogens (tertiary/aromatic N) is 5. The fourth-order valence-corrected chi connectivity index (χ4v) is 4.74. The van der Waals surface area contributed by atoms with Gasteiger partial charge < -0.3 is 4.74 Å². The van der Waals surface area contributed by atoms with Gasteiger partial charge in [-0.2, -0.15) is 5.10 Å². The van der Waals surface area contributed by atoms with Crippen molar-refractivity contribution in [3.8, 4) is 22.8 Å². The lowest BCUT2D eigenvalue weighted by Crippen LogP contribution is -2.02. The van der Waals surface area contributed by atoms with Crippen molar-refractivity contribution in [2.24, 2.45) is 0 Å². The van der Waals surface area contributed by atoms with Gasteiger partial charge in [0, 0.05) is 17.9 Å².